The molecule has 1 saturated heterocycles. The van der Waals surface area contributed by atoms with E-state index in [0.717, 1.165) is 25.0 Å². The molecule has 15 heavy (non-hydrogen) atoms. The van der Waals surface area contributed by atoms with E-state index in [4.69, 9.17) is 4.74 Å². The Labute approximate surface area is 94.8 Å². The molecule has 0 radical (unpaired) electrons. The van der Waals surface area contributed by atoms with Crippen molar-refractivity contribution in [2.24, 2.45) is 11.8 Å². The van der Waals surface area contributed by atoms with Gasteiger partial charge < -0.3 is 10.1 Å². The molecule has 0 aromatic carbocycles. The van der Waals surface area contributed by atoms with E-state index in [-0.39, 0.29) is 0 Å². The lowest BCUT2D eigenvalue weighted by Crippen LogP contribution is -2.28. The summed E-state index contributed by atoms with van der Waals surface area (Å²) >= 11 is 0. The van der Waals surface area contributed by atoms with Crippen molar-refractivity contribution < 1.29 is 4.74 Å². The van der Waals surface area contributed by atoms with Crippen LogP contribution in [0.3, 0.4) is 0 Å². The zero-order chi connectivity index (χ0) is 10.9. The molecule has 1 N–H and O–H groups in total. The predicted molar refractivity (Wildman–Crippen MR) is 65.1 cm³/mol. The van der Waals surface area contributed by atoms with Crippen LogP contribution in [0.15, 0.2) is 0 Å². The van der Waals surface area contributed by atoms with Gasteiger partial charge in [-0.2, -0.15) is 0 Å². The topological polar surface area (TPSA) is 21.3 Å². The smallest absolute Gasteiger partial charge is 0.0468 e. The second-order valence-corrected chi connectivity index (χ2v) is 5.13. The Balaban J connectivity index is 1.83. The number of rotatable bonds is 7. The normalized spacial score (nSPS) is 18.6. The van der Waals surface area contributed by atoms with Gasteiger partial charge >= 0.3 is 0 Å². The molecule has 0 saturated carbocycles. The maximum Gasteiger partial charge on any atom is 0.0468 e. The van der Waals surface area contributed by atoms with Crippen LogP contribution in [0.1, 0.15) is 46.0 Å². The SMILES string of the molecule is CC(C)CCCOCCC1CCNCC1. The van der Waals surface area contributed by atoms with Gasteiger partial charge in [-0.15, -0.1) is 0 Å². The monoisotopic (exact) mass is 213 g/mol. The molecule has 0 aliphatic carbocycles. The second kappa shape index (κ2) is 8.12. The molecule has 0 unspecified atom stereocenters. The van der Waals surface area contributed by atoms with Crippen molar-refractivity contribution >= 4 is 0 Å². The van der Waals surface area contributed by atoms with Crippen molar-refractivity contribution in [3.05, 3.63) is 0 Å². The molecule has 90 valence electrons. The van der Waals surface area contributed by atoms with Crippen LogP contribution in [0, 0.1) is 11.8 Å². The van der Waals surface area contributed by atoms with Gasteiger partial charge in [0.15, 0.2) is 0 Å². The van der Waals surface area contributed by atoms with E-state index in [1.54, 1.807) is 0 Å². The molecule has 0 atom stereocenters. The van der Waals surface area contributed by atoms with Gasteiger partial charge in [-0.1, -0.05) is 13.8 Å². The molecule has 1 aliphatic heterocycles. The number of piperidine rings is 1. The van der Waals surface area contributed by atoms with Crippen molar-refractivity contribution in [2.45, 2.75) is 46.0 Å². The number of ether oxygens (including phenoxy) is 1. The van der Waals surface area contributed by atoms with Crippen LogP contribution in [-0.2, 0) is 4.74 Å². The molecule has 0 spiro atoms. The van der Waals surface area contributed by atoms with Gasteiger partial charge in [-0.3, -0.25) is 0 Å². The van der Waals surface area contributed by atoms with Crippen molar-refractivity contribution in [2.75, 3.05) is 26.3 Å². The van der Waals surface area contributed by atoms with E-state index in [1.165, 1.54) is 45.2 Å². The minimum absolute atomic E-state index is 0.818. The zero-order valence-corrected chi connectivity index (χ0v) is 10.4. The van der Waals surface area contributed by atoms with E-state index < -0.39 is 0 Å². The third-order valence-corrected chi connectivity index (χ3v) is 3.20. The molecular formula is C13H27NO. The molecule has 1 fully saturated rings. The summed E-state index contributed by atoms with van der Waals surface area (Å²) in [5.74, 6) is 1.73. The van der Waals surface area contributed by atoms with Crippen molar-refractivity contribution in [3.63, 3.8) is 0 Å². The van der Waals surface area contributed by atoms with Crippen LogP contribution in [0.4, 0.5) is 0 Å². The Kier molecular flexibility index (Phi) is 7.03. The summed E-state index contributed by atoms with van der Waals surface area (Å²) in [5, 5.41) is 3.40. The highest BCUT2D eigenvalue weighted by Crippen LogP contribution is 2.15. The third kappa shape index (κ3) is 6.91. The lowest BCUT2D eigenvalue weighted by Gasteiger charge is -2.22. The van der Waals surface area contributed by atoms with Crippen LogP contribution in [0.25, 0.3) is 0 Å². The van der Waals surface area contributed by atoms with Gasteiger partial charge in [0.1, 0.15) is 0 Å². The fraction of sp³-hybridized carbons (Fsp3) is 1.00. The Morgan fingerprint density at radius 1 is 1.20 bits per heavy atom. The first kappa shape index (κ1) is 13.0. The van der Waals surface area contributed by atoms with Gasteiger partial charge in [0.05, 0.1) is 0 Å². The highest BCUT2D eigenvalue weighted by molar-refractivity contribution is 4.67. The minimum atomic E-state index is 0.818. The first-order chi connectivity index (χ1) is 7.29. The van der Waals surface area contributed by atoms with E-state index >= 15 is 0 Å². The number of hydrogen-bond donors (Lipinski definition) is 1. The Bertz CT molecular complexity index is 141. The zero-order valence-electron chi connectivity index (χ0n) is 10.4. The summed E-state index contributed by atoms with van der Waals surface area (Å²) < 4.78 is 5.67. The van der Waals surface area contributed by atoms with E-state index in [9.17, 15) is 0 Å². The Morgan fingerprint density at radius 3 is 2.60 bits per heavy atom. The molecule has 1 aliphatic rings. The summed E-state index contributed by atoms with van der Waals surface area (Å²) in [7, 11) is 0. The van der Waals surface area contributed by atoms with Gasteiger partial charge in [0.25, 0.3) is 0 Å². The van der Waals surface area contributed by atoms with Crippen molar-refractivity contribution in [3.8, 4) is 0 Å². The van der Waals surface area contributed by atoms with Crippen LogP contribution in [-0.4, -0.2) is 26.3 Å². The first-order valence-corrected chi connectivity index (χ1v) is 6.57. The fourth-order valence-electron chi connectivity index (χ4n) is 2.12. The maximum absolute atomic E-state index is 5.67. The quantitative estimate of drug-likeness (QED) is 0.657. The lowest BCUT2D eigenvalue weighted by atomic mass is 9.95. The van der Waals surface area contributed by atoms with Gasteiger partial charge in [0, 0.05) is 13.2 Å². The summed E-state index contributed by atoms with van der Waals surface area (Å²) in [6.07, 6.45) is 6.48. The Morgan fingerprint density at radius 2 is 1.93 bits per heavy atom. The van der Waals surface area contributed by atoms with E-state index in [1.807, 2.05) is 0 Å². The highest BCUT2D eigenvalue weighted by atomic mass is 16.5. The molecule has 2 heteroatoms. The minimum Gasteiger partial charge on any atom is -0.381 e. The Hall–Kier alpha value is -0.0800. The maximum atomic E-state index is 5.67. The second-order valence-electron chi connectivity index (χ2n) is 5.13. The lowest BCUT2D eigenvalue weighted by molar-refractivity contribution is 0.110. The standard InChI is InChI=1S/C13H27NO/c1-12(2)4-3-10-15-11-7-13-5-8-14-9-6-13/h12-14H,3-11H2,1-2H3. The van der Waals surface area contributed by atoms with Crippen molar-refractivity contribution in [1.29, 1.82) is 0 Å². The number of hydrogen-bond acceptors (Lipinski definition) is 2. The predicted octanol–water partition coefficient (Wildman–Crippen LogP) is 2.83. The van der Waals surface area contributed by atoms with E-state index in [0.29, 0.717) is 0 Å². The van der Waals surface area contributed by atoms with Gasteiger partial charge in [0.2, 0.25) is 0 Å². The van der Waals surface area contributed by atoms with Crippen LogP contribution in [0.2, 0.25) is 0 Å². The van der Waals surface area contributed by atoms with Gasteiger partial charge in [-0.05, 0) is 57.0 Å². The molecule has 1 heterocycles. The summed E-state index contributed by atoms with van der Waals surface area (Å²) in [6.45, 7) is 8.89. The largest absolute Gasteiger partial charge is 0.381 e. The summed E-state index contributed by atoms with van der Waals surface area (Å²) in [5.41, 5.74) is 0. The molecule has 1 rings (SSSR count). The fourth-order valence-corrected chi connectivity index (χ4v) is 2.12. The average molecular weight is 213 g/mol. The average Bonchev–Trinajstić information content (AvgIpc) is 2.24. The highest BCUT2D eigenvalue weighted by Gasteiger charge is 2.11. The van der Waals surface area contributed by atoms with Crippen LogP contribution >= 0.6 is 0 Å². The van der Waals surface area contributed by atoms with E-state index in [2.05, 4.69) is 19.2 Å². The molecule has 0 aromatic rings. The molecule has 2 nitrogen and oxygen atoms in total. The summed E-state index contributed by atoms with van der Waals surface area (Å²) in [6, 6.07) is 0. The molecular weight excluding hydrogens is 186 g/mol. The molecule has 0 aromatic heterocycles. The molecule has 0 bridgehead atoms. The van der Waals surface area contributed by atoms with Crippen LogP contribution < -0.4 is 5.32 Å². The molecule has 0 amide bonds. The van der Waals surface area contributed by atoms with Crippen molar-refractivity contribution in [1.82, 2.24) is 5.32 Å². The number of nitrogens with one attached hydrogen (secondary N) is 1. The van der Waals surface area contributed by atoms with Gasteiger partial charge in [-0.25, -0.2) is 0 Å². The van der Waals surface area contributed by atoms with Crippen LogP contribution in [0.5, 0.6) is 0 Å². The summed E-state index contributed by atoms with van der Waals surface area (Å²) in [4.78, 5) is 0. The first-order valence-electron chi connectivity index (χ1n) is 6.57. The third-order valence-electron chi connectivity index (χ3n) is 3.20.